The summed E-state index contributed by atoms with van der Waals surface area (Å²) in [6.45, 7) is 2.30. The number of halogens is 1. The number of rotatable bonds is 1. The first-order valence-corrected chi connectivity index (χ1v) is 7.51. The molecule has 0 radical (unpaired) electrons. The third-order valence-corrected chi connectivity index (χ3v) is 4.48. The molecule has 19 heavy (non-hydrogen) atoms. The van der Waals surface area contributed by atoms with Crippen molar-refractivity contribution < 1.29 is 9.47 Å². The van der Waals surface area contributed by atoms with Gasteiger partial charge in [-0.05, 0) is 60.1 Å². The molecule has 0 aliphatic carbocycles. The average Bonchev–Trinajstić information content (AvgIpc) is 2.38. The number of benzene rings is 1. The average molecular weight is 327 g/mol. The molecule has 1 aromatic rings. The second-order valence-corrected chi connectivity index (χ2v) is 6.11. The van der Waals surface area contributed by atoms with Gasteiger partial charge in [0, 0.05) is 12.1 Å². The summed E-state index contributed by atoms with van der Waals surface area (Å²) in [4.78, 5) is 2.33. The lowest BCUT2D eigenvalue weighted by molar-refractivity contribution is 0.157. The first-order valence-electron chi connectivity index (χ1n) is 6.71. The Bertz CT molecular complexity index is 471. The van der Waals surface area contributed by atoms with Gasteiger partial charge in [0.05, 0.1) is 4.47 Å². The van der Waals surface area contributed by atoms with Gasteiger partial charge in [0.25, 0.3) is 0 Å². The molecule has 0 saturated carbocycles. The molecular weight excluding hydrogens is 308 g/mol. The SMILES string of the molecule is CN1CCCC(N)C1c1cc(Br)c2c(c1)OCCO2. The van der Waals surface area contributed by atoms with Crippen LogP contribution < -0.4 is 15.2 Å². The summed E-state index contributed by atoms with van der Waals surface area (Å²) in [5.74, 6) is 1.63. The molecule has 2 aliphatic rings. The van der Waals surface area contributed by atoms with Gasteiger partial charge in [0.2, 0.25) is 0 Å². The quantitative estimate of drug-likeness (QED) is 0.860. The number of ether oxygens (including phenoxy) is 2. The topological polar surface area (TPSA) is 47.7 Å². The number of nitrogens with two attached hydrogens (primary N) is 1. The minimum Gasteiger partial charge on any atom is -0.486 e. The smallest absolute Gasteiger partial charge is 0.175 e. The molecule has 1 aromatic carbocycles. The largest absolute Gasteiger partial charge is 0.486 e. The highest BCUT2D eigenvalue weighted by Gasteiger charge is 2.29. The summed E-state index contributed by atoms with van der Waals surface area (Å²) in [5, 5.41) is 0. The highest BCUT2D eigenvalue weighted by atomic mass is 79.9. The van der Waals surface area contributed by atoms with Crippen LogP contribution in [0.1, 0.15) is 24.4 Å². The number of nitrogens with zero attached hydrogens (tertiary/aromatic N) is 1. The van der Waals surface area contributed by atoms with E-state index in [2.05, 4.69) is 40.0 Å². The molecule has 0 aromatic heterocycles. The summed E-state index contributed by atoms with van der Waals surface area (Å²) < 4.78 is 12.3. The predicted molar refractivity (Wildman–Crippen MR) is 77.7 cm³/mol. The van der Waals surface area contributed by atoms with Crippen molar-refractivity contribution >= 4 is 15.9 Å². The number of hydrogen-bond acceptors (Lipinski definition) is 4. The molecule has 2 unspecified atom stereocenters. The fraction of sp³-hybridized carbons (Fsp3) is 0.571. The minimum absolute atomic E-state index is 0.174. The number of fused-ring (bicyclic) bond motifs is 1. The van der Waals surface area contributed by atoms with Crippen molar-refractivity contribution in [2.75, 3.05) is 26.8 Å². The van der Waals surface area contributed by atoms with Crippen LogP contribution in [0.2, 0.25) is 0 Å². The summed E-state index contributed by atoms with van der Waals surface area (Å²) in [7, 11) is 2.13. The number of likely N-dealkylation sites (N-methyl/N-ethyl adjacent to an activating group) is 1. The maximum atomic E-state index is 6.30. The normalized spacial score (nSPS) is 27.3. The molecular formula is C14H19BrN2O2. The number of hydrogen-bond donors (Lipinski definition) is 1. The monoisotopic (exact) mass is 326 g/mol. The van der Waals surface area contributed by atoms with E-state index >= 15 is 0 Å². The van der Waals surface area contributed by atoms with E-state index in [9.17, 15) is 0 Å². The van der Waals surface area contributed by atoms with Crippen molar-refractivity contribution in [1.82, 2.24) is 4.90 Å². The summed E-state index contributed by atoms with van der Waals surface area (Å²) in [6, 6.07) is 4.61. The van der Waals surface area contributed by atoms with Gasteiger partial charge in [-0.25, -0.2) is 0 Å². The van der Waals surface area contributed by atoms with Crippen molar-refractivity contribution in [3.63, 3.8) is 0 Å². The lowest BCUT2D eigenvalue weighted by Crippen LogP contribution is -2.43. The maximum absolute atomic E-state index is 6.30. The van der Waals surface area contributed by atoms with E-state index in [1.807, 2.05) is 0 Å². The Morgan fingerprint density at radius 1 is 1.32 bits per heavy atom. The molecule has 4 nitrogen and oxygen atoms in total. The van der Waals surface area contributed by atoms with Crippen LogP contribution in [0.5, 0.6) is 11.5 Å². The van der Waals surface area contributed by atoms with Crippen molar-refractivity contribution in [3.05, 3.63) is 22.2 Å². The third-order valence-electron chi connectivity index (χ3n) is 3.89. The van der Waals surface area contributed by atoms with Crippen LogP contribution in [0.15, 0.2) is 16.6 Å². The first-order chi connectivity index (χ1) is 9.16. The lowest BCUT2D eigenvalue weighted by Gasteiger charge is -2.38. The van der Waals surface area contributed by atoms with Crippen LogP contribution in [-0.4, -0.2) is 37.7 Å². The fourth-order valence-electron chi connectivity index (χ4n) is 3.00. The van der Waals surface area contributed by atoms with E-state index in [0.717, 1.165) is 28.9 Å². The first kappa shape index (κ1) is 13.2. The lowest BCUT2D eigenvalue weighted by atomic mass is 9.91. The standard InChI is InChI=1S/C14H19BrN2O2/c1-17-4-2-3-11(16)13(17)9-7-10(15)14-12(8-9)18-5-6-19-14/h7-8,11,13H,2-6,16H2,1H3. The molecule has 2 N–H and O–H groups in total. The Morgan fingerprint density at radius 2 is 2.11 bits per heavy atom. The molecule has 1 fully saturated rings. The van der Waals surface area contributed by atoms with Gasteiger partial charge in [-0.1, -0.05) is 0 Å². The molecule has 2 heterocycles. The van der Waals surface area contributed by atoms with E-state index in [0.29, 0.717) is 13.2 Å². The van der Waals surface area contributed by atoms with Gasteiger partial charge in [-0.2, -0.15) is 0 Å². The molecule has 5 heteroatoms. The van der Waals surface area contributed by atoms with Gasteiger partial charge in [-0.15, -0.1) is 0 Å². The molecule has 0 bridgehead atoms. The van der Waals surface area contributed by atoms with Gasteiger partial charge in [0.1, 0.15) is 13.2 Å². The summed E-state index contributed by atoms with van der Waals surface area (Å²) >= 11 is 3.58. The van der Waals surface area contributed by atoms with E-state index < -0.39 is 0 Å². The van der Waals surface area contributed by atoms with E-state index in [-0.39, 0.29) is 12.1 Å². The molecule has 2 aliphatic heterocycles. The Hall–Kier alpha value is -0.780. The maximum Gasteiger partial charge on any atom is 0.175 e. The van der Waals surface area contributed by atoms with E-state index in [1.165, 1.54) is 12.0 Å². The zero-order chi connectivity index (χ0) is 13.4. The summed E-state index contributed by atoms with van der Waals surface area (Å²) in [6.07, 6.45) is 2.24. The van der Waals surface area contributed by atoms with Crippen molar-refractivity contribution in [2.24, 2.45) is 5.73 Å². The van der Waals surface area contributed by atoms with Crippen molar-refractivity contribution in [3.8, 4) is 11.5 Å². The van der Waals surface area contributed by atoms with Gasteiger partial charge >= 0.3 is 0 Å². The molecule has 0 amide bonds. The third kappa shape index (κ3) is 2.47. The fourth-order valence-corrected chi connectivity index (χ4v) is 3.58. The van der Waals surface area contributed by atoms with Gasteiger partial charge in [-0.3, -0.25) is 4.90 Å². The predicted octanol–water partition coefficient (Wildman–Crippen LogP) is 2.31. The molecule has 3 rings (SSSR count). The highest BCUT2D eigenvalue weighted by Crippen LogP contribution is 2.41. The molecule has 1 saturated heterocycles. The van der Waals surface area contributed by atoms with E-state index in [1.54, 1.807) is 0 Å². The van der Waals surface area contributed by atoms with Crippen LogP contribution in [0.3, 0.4) is 0 Å². The second kappa shape index (κ2) is 5.31. The Labute approximate surface area is 122 Å². The zero-order valence-corrected chi connectivity index (χ0v) is 12.6. The summed E-state index contributed by atoms with van der Waals surface area (Å²) in [5.41, 5.74) is 7.50. The van der Waals surface area contributed by atoms with Crippen LogP contribution in [0.4, 0.5) is 0 Å². The zero-order valence-electron chi connectivity index (χ0n) is 11.1. The van der Waals surface area contributed by atoms with Crippen LogP contribution in [-0.2, 0) is 0 Å². The minimum atomic E-state index is 0.174. The molecule has 2 atom stereocenters. The van der Waals surface area contributed by atoms with Crippen LogP contribution in [0.25, 0.3) is 0 Å². The van der Waals surface area contributed by atoms with Gasteiger partial charge < -0.3 is 15.2 Å². The molecule has 104 valence electrons. The Balaban J connectivity index is 1.98. The Kier molecular flexibility index (Phi) is 3.69. The van der Waals surface area contributed by atoms with Crippen LogP contribution >= 0.6 is 15.9 Å². The van der Waals surface area contributed by atoms with Crippen molar-refractivity contribution in [1.29, 1.82) is 0 Å². The highest BCUT2D eigenvalue weighted by molar-refractivity contribution is 9.10. The Morgan fingerprint density at radius 3 is 2.89 bits per heavy atom. The van der Waals surface area contributed by atoms with Crippen LogP contribution in [0, 0.1) is 0 Å². The molecule has 0 spiro atoms. The number of piperidine rings is 1. The van der Waals surface area contributed by atoms with Crippen molar-refractivity contribution in [2.45, 2.75) is 24.9 Å². The van der Waals surface area contributed by atoms with E-state index in [4.69, 9.17) is 15.2 Å². The second-order valence-electron chi connectivity index (χ2n) is 5.26. The van der Waals surface area contributed by atoms with Gasteiger partial charge in [0.15, 0.2) is 11.5 Å². The number of likely N-dealkylation sites (tertiary alicyclic amines) is 1.